The molecule has 2 aromatic rings. The van der Waals surface area contributed by atoms with Gasteiger partial charge in [0.15, 0.2) is 17.5 Å². The number of benzene rings is 1. The molecule has 0 aliphatic rings. The Labute approximate surface area is 99.8 Å². The second-order valence-electron chi connectivity index (χ2n) is 3.62. The molecule has 0 aliphatic heterocycles. The van der Waals surface area contributed by atoms with Gasteiger partial charge in [0, 0.05) is 23.5 Å². The van der Waals surface area contributed by atoms with Crippen LogP contribution >= 0.6 is 0 Å². The highest BCUT2D eigenvalue weighted by Gasteiger charge is 2.14. The van der Waals surface area contributed by atoms with Gasteiger partial charge in [0.05, 0.1) is 11.8 Å². The fourth-order valence-electron chi connectivity index (χ4n) is 1.41. The van der Waals surface area contributed by atoms with Crippen LogP contribution in [0.4, 0.5) is 18.9 Å². The summed E-state index contributed by atoms with van der Waals surface area (Å²) in [6.07, 6.45) is 1.28. The van der Waals surface area contributed by atoms with E-state index >= 15 is 0 Å². The van der Waals surface area contributed by atoms with Crippen LogP contribution in [-0.2, 0) is 0 Å². The van der Waals surface area contributed by atoms with Gasteiger partial charge in [-0.25, -0.2) is 13.2 Å². The van der Waals surface area contributed by atoms with E-state index in [1.54, 1.807) is 6.92 Å². The molecular weight excluding hydrogens is 247 g/mol. The van der Waals surface area contributed by atoms with Crippen molar-refractivity contribution in [2.45, 2.75) is 6.92 Å². The Bertz CT molecular complexity index is 586. The molecule has 1 heterocycles. The summed E-state index contributed by atoms with van der Waals surface area (Å²) in [5.41, 5.74) is 0.577. The summed E-state index contributed by atoms with van der Waals surface area (Å²) in [6.45, 7) is 1.62. The standard InChI is InChI=1S/C11H8F3N3O/c1-5-7(4-15-17-5)11(18)16-6-2-8(12)10(14)9(13)3-6/h2-4H,1H3,(H,15,17)(H,16,18). The first-order valence-electron chi connectivity index (χ1n) is 4.95. The largest absolute Gasteiger partial charge is 0.322 e. The van der Waals surface area contributed by atoms with Crippen molar-refractivity contribution in [2.75, 3.05) is 5.32 Å². The highest BCUT2D eigenvalue weighted by atomic mass is 19.2. The topological polar surface area (TPSA) is 57.8 Å². The number of carbonyl (C=O) groups excluding carboxylic acids is 1. The molecule has 2 N–H and O–H groups in total. The molecule has 0 atom stereocenters. The lowest BCUT2D eigenvalue weighted by molar-refractivity contribution is 0.102. The van der Waals surface area contributed by atoms with E-state index in [1.807, 2.05) is 0 Å². The first kappa shape index (κ1) is 12.2. The maximum Gasteiger partial charge on any atom is 0.259 e. The molecule has 0 saturated heterocycles. The van der Waals surface area contributed by atoms with Crippen LogP contribution < -0.4 is 5.32 Å². The fraction of sp³-hybridized carbons (Fsp3) is 0.0909. The van der Waals surface area contributed by atoms with Crippen LogP contribution in [0.25, 0.3) is 0 Å². The lowest BCUT2D eigenvalue weighted by Gasteiger charge is -2.05. The zero-order valence-electron chi connectivity index (χ0n) is 9.22. The Morgan fingerprint density at radius 3 is 2.39 bits per heavy atom. The summed E-state index contributed by atoms with van der Waals surface area (Å²) in [6, 6.07) is 1.40. The first-order chi connectivity index (χ1) is 8.49. The zero-order chi connectivity index (χ0) is 13.3. The SMILES string of the molecule is Cc1[nH]ncc1C(=O)Nc1cc(F)c(F)c(F)c1. The number of rotatable bonds is 2. The molecule has 0 unspecified atom stereocenters. The third kappa shape index (κ3) is 2.20. The molecule has 94 valence electrons. The quantitative estimate of drug-likeness (QED) is 0.809. The minimum Gasteiger partial charge on any atom is -0.322 e. The van der Waals surface area contributed by atoms with Crippen LogP contribution in [0.5, 0.6) is 0 Å². The van der Waals surface area contributed by atoms with Gasteiger partial charge in [0.1, 0.15) is 0 Å². The summed E-state index contributed by atoms with van der Waals surface area (Å²) < 4.78 is 38.6. The summed E-state index contributed by atoms with van der Waals surface area (Å²) in [7, 11) is 0. The number of hydrogen-bond acceptors (Lipinski definition) is 2. The fourth-order valence-corrected chi connectivity index (χ4v) is 1.41. The molecule has 0 radical (unpaired) electrons. The number of amides is 1. The summed E-state index contributed by atoms with van der Waals surface area (Å²) in [5, 5.41) is 8.44. The molecule has 1 aromatic heterocycles. The number of H-pyrrole nitrogens is 1. The normalized spacial score (nSPS) is 10.4. The minimum absolute atomic E-state index is 0.169. The van der Waals surface area contributed by atoms with Gasteiger partial charge in [-0.3, -0.25) is 9.89 Å². The molecule has 0 spiro atoms. The van der Waals surface area contributed by atoms with Crippen molar-refractivity contribution in [1.29, 1.82) is 0 Å². The van der Waals surface area contributed by atoms with E-state index in [2.05, 4.69) is 15.5 Å². The van der Waals surface area contributed by atoms with Gasteiger partial charge >= 0.3 is 0 Å². The smallest absolute Gasteiger partial charge is 0.259 e. The van der Waals surface area contributed by atoms with Crippen LogP contribution in [0.15, 0.2) is 18.3 Å². The monoisotopic (exact) mass is 255 g/mol. The van der Waals surface area contributed by atoms with Crippen molar-refractivity contribution in [3.8, 4) is 0 Å². The molecular formula is C11H8F3N3O. The van der Waals surface area contributed by atoms with Gasteiger partial charge in [-0.05, 0) is 6.92 Å². The number of nitrogens with one attached hydrogen (secondary N) is 2. The van der Waals surface area contributed by atoms with E-state index in [0.717, 1.165) is 0 Å². The second-order valence-corrected chi connectivity index (χ2v) is 3.62. The van der Waals surface area contributed by atoms with Crippen molar-refractivity contribution < 1.29 is 18.0 Å². The lowest BCUT2D eigenvalue weighted by atomic mass is 10.2. The predicted molar refractivity (Wildman–Crippen MR) is 57.6 cm³/mol. The molecule has 0 bridgehead atoms. The third-order valence-electron chi connectivity index (χ3n) is 2.32. The molecule has 0 fully saturated rings. The predicted octanol–water partition coefficient (Wildman–Crippen LogP) is 2.39. The van der Waals surface area contributed by atoms with Crippen LogP contribution in [0.1, 0.15) is 16.1 Å². The number of anilines is 1. The number of carbonyl (C=O) groups is 1. The molecule has 1 amide bonds. The Balaban J connectivity index is 2.25. The zero-order valence-corrected chi connectivity index (χ0v) is 9.22. The summed E-state index contributed by atoms with van der Waals surface area (Å²) in [5.74, 6) is -4.90. The van der Waals surface area contributed by atoms with Crippen molar-refractivity contribution >= 4 is 11.6 Å². The molecule has 18 heavy (non-hydrogen) atoms. The molecule has 0 aliphatic carbocycles. The molecule has 7 heteroatoms. The maximum absolute atomic E-state index is 12.9. The number of aryl methyl sites for hydroxylation is 1. The number of aromatic amines is 1. The Kier molecular flexibility index (Phi) is 3.05. The Morgan fingerprint density at radius 1 is 1.28 bits per heavy atom. The van der Waals surface area contributed by atoms with E-state index in [0.29, 0.717) is 17.8 Å². The molecule has 4 nitrogen and oxygen atoms in total. The van der Waals surface area contributed by atoms with Crippen molar-refractivity contribution in [3.05, 3.63) is 47.0 Å². The second kappa shape index (κ2) is 4.52. The molecule has 1 aromatic carbocycles. The number of nitrogens with zero attached hydrogens (tertiary/aromatic N) is 1. The van der Waals surface area contributed by atoms with Crippen LogP contribution in [0.3, 0.4) is 0 Å². The van der Waals surface area contributed by atoms with Crippen LogP contribution in [-0.4, -0.2) is 16.1 Å². The number of halogens is 3. The van der Waals surface area contributed by atoms with E-state index in [9.17, 15) is 18.0 Å². The summed E-state index contributed by atoms with van der Waals surface area (Å²) in [4.78, 5) is 11.7. The van der Waals surface area contributed by atoms with E-state index in [1.165, 1.54) is 6.20 Å². The van der Waals surface area contributed by atoms with Crippen LogP contribution in [0.2, 0.25) is 0 Å². The van der Waals surface area contributed by atoms with Crippen molar-refractivity contribution in [1.82, 2.24) is 10.2 Å². The van der Waals surface area contributed by atoms with Crippen LogP contribution in [0, 0.1) is 24.4 Å². The molecule has 0 saturated carbocycles. The maximum atomic E-state index is 12.9. The highest BCUT2D eigenvalue weighted by Crippen LogP contribution is 2.18. The van der Waals surface area contributed by atoms with Gasteiger partial charge in [-0.2, -0.15) is 5.10 Å². The average Bonchev–Trinajstić information content (AvgIpc) is 2.72. The van der Waals surface area contributed by atoms with Gasteiger partial charge < -0.3 is 5.32 Å². The molecule has 2 rings (SSSR count). The average molecular weight is 255 g/mol. The van der Waals surface area contributed by atoms with Gasteiger partial charge in [-0.1, -0.05) is 0 Å². The third-order valence-corrected chi connectivity index (χ3v) is 2.32. The number of aromatic nitrogens is 2. The Hall–Kier alpha value is -2.31. The van der Waals surface area contributed by atoms with Gasteiger partial charge in [0.25, 0.3) is 5.91 Å². The van der Waals surface area contributed by atoms with E-state index in [4.69, 9.17) is 0 Å². The first-order valence-corrected chi connectivity index (χ1v) is 4.95. The number of hydrogen-bond donors (Lipinski definition) is 2. The minimum atomic E-state index is -1.58. The van der Waals surface area contributed by atoms with Gasteiger partial charge in [0.2, 0.25) is 0 Å². The van der Waals surface area contributed by atoms with Gasteiger partial charge in [-0.15, -0.1) is 0 Å². The lowest BCUT2D eigenvalue weighted by Crippen LogP contribution is -2.13. The van der Waals surface area contributed by atoms with Crippen molar-refractivity contribution in [3.63, 3.8) is 0 Å². The van der Waals surface area contributed by atoms with E-state index < -0.39 is 23.4 Å². The van der Waals surface area contributed by atoms with E-state index in [-0.39, 0.29) is 11.3 Å². The highest BCUT2D eigenvalue weighted by molar-refractivity contribution is 6.04. The van der Waals surface area contributed by atoms with Crippen molar-refractivity contribution in [2.24, 2.45) is 0 Å². The summed E-state index contributed by atoms with van der Waals surface area (Å²) >= 11 is 0. The Morgan fingerprint density at radius 2 is 1.89 bits per heavy atom.